The van der Waals surface area contributed by atoms with Crippen LogP contribution in [-0.4, -0.2) is 11.4 Å². The third-order valence-electron chi connectivity index (χ3n) is 16.5. The lowest BCUT2D eigenvalue weighted by atomic mass is 9.43. The molecule has 10 aromatic rings. The zero-order valence-electron chi connectivity index (χ0n) is 41.6. The molecule has 0 amide bonds. The summed E-state index contributed by atoms with van der Waals surface area (Å²) in [5.41, 5.74) is 21.7. The Kier molecular flexibility index (Phi) is 7.88. The first-order valence-electron chi connectivity index (χ1n) is 24.7. The van der Waals surface area contributed by atoms with Gasteiger partial charge in [0.15, 0.2) is 0 Å². The lowest BCUT2D eigenvalue weighted by Crippen LogP contribution is -2.60. The molecule has 4 nitrogen and oxygen atoms in total. The second kappa shape index (κ2) is 12.9. The molecule has 334 valence electrons. The van der Waals surface area contributed by atoms with E-state index in [1.807, 2.05) is 0 Å². The van der Waals surface area contributed by atoms with Gasteiger partial charge in [-0.05, 0) is 139 Å². The van der Waals surface area contributed by atoms with E-state index < -0.39 is 0 Å². The predicted octanol–water partition coefficient (Wildman–Crippen LogP) is 16.1. The molecule has 0 saturated carbocycles. The minimum Gasteiger partial charge on any atom is -0.456 e. The van der Waals surface area contributed by atoms with Gasteiger partial charge >= 0.3 is 6.85 Å². The van der Waals surface area contributed by atoms with Crippen molar-refractivity contribution >= 4 is 94.8 Å². The highest BCUT2D eigenvalue weighted by Gasteiger charge is 2.47. The van der Waals surface area contributed by atoms with Gasteiger partial charge in [-0.2, -0.15) is 0 Å². The number of benzene rings is 7. The number of nitrogens with zero attached hydrogens (tertiary/aromatic N) is 2. The fourth-order valence-electron chi connectivity index (χ4n) is 12.4. The summed E-state index contributed by atoms with van der Waals surface area (Å²) < 4.78 is 17.0. The maximum atomic E-state index is 7.26. The molecule has 0 saturated heterocycles. The number of hydrogen-bond acceptors (Lipinski definition) is 3. The molecule has 5 heteroatoms. The Morgan fingerprint density at radius 2 is 1.13 bits per heavy atom. The Morgan fingerprint density at radius 3 is 1.84 bits per heavy atom. The van der Waals surface area contributed by atoms with Crippen molar-refractivity contribution in [2.45, 2.75) is 130 Å². The molecule has 7 aromatic carbocycles. The topological polar surface area (TPSA) is 34.5 Å². The van der Waals surface area contributed by atoms with Crippen molar-refractivity contribution in [3.05, 3.63) is 137 Å². The van der Waals surface area contributed by atoms with Crippen molar-refractivity contribution in [2.75, 3.05) is 4.81 Å². The molecule has 0 spiro atoms. The number of para-hydroxylation sites is 1. The molecular weight excluding hydrogens is 816 g/mol. The molecule has 13 rings (SSSR count). The van der Waals surface area contributed by atoms with Gasteiger partial charge < -0.3 is 18.2 Å². The van der Waals surface area contributed by atoms with Gasteiger partial charge in [-0.25, -0.2) is 0 Å². The molecule has 67 heavy (non-hydrogen) atoms. The molecule has 0 N–H and O–H groups in total. The number of rotatable bonds is 1. The molecule has 3 aromatic heterocycles. The standard InChI is InChI=1S/C62H61BN2O2/c1-58(2,3)34-18-22-37(23-19-34)65-48-33-51-39(40-31-43-44(32-50(40)66-51)62(12,13)27-26-61(43,10)11)30-42(48)52-53-38-16-14-15-17-49(38)67-57(53)54-41-28-35(59(4,5)6)20-24-46(41)64-47-25-21-36(60(7,8)9)29-45(47)63(65)55(52)56(54)64/h14-25,28-33H,26-27H2,1-13H3. The summed E-state index contributed by atoms with van der Waals surface area (Å²) in [4.78, 5) is 2.66. The summed E-state index contributed by atoms with van der Waals surface area (Å²) in [7, 11) is 0. The van der Waals surface area contributed by atoms with Crippen LogP contribution >= 0.6 is 0 Å². The van der Waals surface area contributed by atoms with Crippen molar-refractivity contribution in [1.29, 1.82) is 0 Å². The lowest BCUT2D eigenvalue weighted by Gasteiger charge is -2.42. The number of hydrogen-bond donors (Lipinski definition) is 0. The van der Waals surface area contributed by atoms with E-state index in [2.05, 4.69) is 209 Å². The largest absolute Gasteiger partial charge is 0.456 e. The Morgan fingerprint density at radius 1 is 0.522 bits per heavy atom. The van der Waals surface area contributed by atoms with Crippen LogP contribution in [0.2, 0.25) is 0 Å². The van der Waals surface area contributed by atoms with Gasteiger partial charge in [-0.3, -0.25) is 0 Å². The number of aromatic nitrogens is 1. The third-order valence-corrected chi connectivity index (χ3v) is 16.5. The zero-order valence-corrected chi connectivity index (χ0v) is 41.6. The van der Waals surface area contributed by atoms with Gasteiger partial charge in [0.25, 0.3) is 0 Å². The lowest BCUT2D eigenvalue weighted by molar-refractivity contribution is 0.332. The van der Waals surface area contributed by atoms with Gasteiger partial charge in [0.05, 0.1) is 16.4 Å². The second-order valence-corrected chi connectivity index (χ2v) is 24.9. The molecule has 2 aliphatic heterocycles. The fraction of sp³-hybridized carbons (Fsp3) is 0.323. The van der Waals surface area contributed by atoms with Crippen molar-refractivity contribution in [2.24, 2.45) is 0 Å². The first-order valence-corrected chi connectivity index (χ1v) is 24.7. The van der Waals surface area contributed by atoms with E-state index in [-0.39, 0.29) is 33.9 Å². The maximum absolute atomic E-state index is 7.26. The minimum atomic E-state index is -0.157. The second-order valence-electron chi connectivity index (χ2n) is 24.9. The summed E-state index contributed by atoms with van der Waals surface area (Å²) >= 11 is 0. The van der Waals surface area contributed by atoms with Crippen molar-refractivity contribution in [3.8, 4) is 16.8 Å². The van der Waals surface area contributed by atoms with Gasteiger partial charge in [-0.1, -0.05) is 139 Å². The molecule has 0 unspecified atom stereocenters. The van der Waals surface area contributed by atoms with Crippen LogP contribution in [-0.2, 0) is 27.1 Å². The molecular formula is C62H61BN2O2. The third kappa shape index (κ3) is 5.55. The van der Waals surface area contributed by atoms with E-state index in [1.165, 1.54) is 88.1 Å². The monoisotopic (exact) mass is 876 g/mol. The van der Waals surface area contributed by atoms with E-state index in [4.69, 9.17) is 8.83 Å². The molecule has 3 aliphatic rings. The van der Waals surface area contributed by atoms with Crippen LogP contribution in [0.5, 0.6) is 0 Å². The van der Waals surface area contributed by atoms with Crippen LogP contribution in [0.1, 0.15) is 131 Å². The maximum Gasteiger partial charge on any atom is 0.333 e. The van der Waals surface area contributed by atoms with Crippen LogP contribution < -0.4 is 15.7 Å². The highest BCUT2D eigenvalue weighted by Crippen LogP contribution is 2.54. The van der Waals surface area contributed by atoms with Gasteiger partial charge in [0, 0.05) is 55.6 Å². The highest BCUT2D eigenvalue weighted by atomic mass is 16.3. The summed E-state index contributed by atoms with van der Waals surface area (Å²) in [6, 6.07) is 42.4. The Hall–Kier alpha value is -6.20. The molecule has 0 bridgehead atoms. The average molecular weight is 877 g/mol. The summed E-state index contributed by atoms with van der Waals surface area (Å²) in [6.07, 6.45) is 2.32. The van der Waals surface area contributed by atoms with Crippen LogP contribution in [0, 0.1) is 0 Å². The molecule has 0 radical (unpaired) electrons. The van der Waals surface area contributed by atoms with Crippen molar-refractivity contribution in [3.63, 3.8) is 0 Å². The average Bonchev–Trinajstić information content (AvgIpc) is 3.94. The van der Waals surface area contributed by atoms with Gasteiger partial charge in [-0.15, -0.1) is 0 Å². The van der Waals surface area contributed by atoms with Crippen LogP contribution in [0.25, 0.3) is 82.5 Å². The molecule has 1 aliphatic carbocycles. The summed E-state index contributed by atoms with van der Waals surface area (Å²) in [5, 5.41) is 7.12. The first-order chi connectivity index (χ1) is 31.6. The minimum absolute atomic E-state index is 0.0136. The van der Waals surface area contributed by atoms with E-state index in [9.17, 15) is 0 Å². The SMILES string of the molecule is CC(C)(C)c1ccc(N2B3c4cc(C(C)(C)C)ccc4-n4c5ccc(C(C)(C)C)cc5c5c6oc7ccccc7c6c(c3c54)-c3cc4c(cc32)oc2cc3c(cc24)C(C)(C)CCC3(C)C)cc1. The van der Waals surface area contributed by atoms with E-state index in [1.54, 1.807) is 0 Å². The molecule has 0 fully saturated rings. The predicted molar refractivity (Wildman–Crippen MR) is 286 cm³/mol. The number of fused-ring (bicyclic) bond motifs is 17. The van der Waals surface area contributed by atoms with Gasteiger partial charge in [0.1, 0.15) is 22.3 Å². The van der Waals surface area contributed by atoms with E-state index >= 15 is 0 Å². The van der Waals surface area contributed by atoms with Crippen LogP contribution in [0.4, 0.5) is 11.4 Å². The van der Waals surface area contributed by atoms with Crippen LogP contribution in [0.3, 0.4) is 0 Å². The smallest absolute Gasteiger partial charge is 0.333 e. The Balaban J connectivity index is 1.25. The number of anilines is 2. The van der Waals surface area contributed by atoms with Crippen molar-refractivity contribution < 1.29 is 8.83 Å². The van der Waals surface area contributed by atoms with E-state index in [0.717, 1.165) is 57.3 Å². The Labute approximate surface area is 395 Å². The number of furan rings is 2. The van der Waals surface area contributed by atoms with E-state index in [0.29, 0.717) is 0 Å². The van der Waals surface area contributed by atoms with Crippen LogP contribution in [0.15, 0.2) is 118 Å². The first kappa shape index (κ1) is 41.0. The quantitative estimate of drug-likeness (QED) is 0.154. The Bertz CT molecular complexity index is 3810. The summed E-state index contributed by atoms with van der Waals surface area (Å²) in [6.45, 7) is 30.4. The molecule has 5 heterocycles. The fourth-order valence-corrected chi connectivity index (χ4v) is 12.4. The summed E-state index contributed by atoms with van der Waals surface area (Å²) in [5.74, 6) is 0. The van der Waals surface area contributed by atoms with Gasteiger partial charge in [0.2, 0.25) is 0 Å². The normalized spacial score (nSPS) is 16.5. The molecule has 0 atom stereocenters. The zero-order chi connectivity index (χ0) is 46.6. The highest BCUT2D eigenvalue weighted by molar-refractivity contribution is 6.94. The van der Waals surface area contributed by atoms with Crippen molar-refractivity contribution in [1.82, 2.24) is 4.57 Å².